The lowest BCUT2D eigenvalue weighted by Gasteiger charge is -2.36. The Morgan fingerprint density at radius 3 is 2.80 bits per heavy atom. The fourth-order valence-corrected chi connectivity index (χ4v) is 3.07. The third kappa shape index (κ3) is 3.26. The molecule has 0 radical (unpaired) electrons. The number of hydrogen-bond acceptors (Lipinski definition) is 1. The number of likely N-dealkylation sites (tertiary alicyclic amines) is 1. The summed E-state index contributed by atoms with van der Waals surface area (Å²) in [5, 5.41) is 0.715. The molecule has 0 N–H and O–H groups in total. The molecule has 1 aromatic rings. The van der Waals surface area contributed by atoms with Crippen molar-refractivity contribution in [3.63, 3.8) is 0 Å². The number of piperidine rings is 1. The number of rotatable bonds is 2. The molecule has 0 saturated carbocycles. The van der Waals surface area contributed by atoms with Gasteiger partial charge in [0.2, 0.25) is 0 Å². The maximum Gasteiger partial charge on any atom is 0.320 e. The molecule has 20 heavy (non-hydrogen) atoms. The summed E-state index contributed by atoms with van der Waals surface area (Å²) in [7, 11) is 1.86. The normalized spacial score (nSPS) is 20.6. The average Bonchev–Trinajstić information content (AvgIpc) is 2.45. The summed E-state index contributed by atoms with van der Waals surface area (Å²) < 4.78 is 0. The molecule has 1 fully saturated rings. The van der Waals surface area contributed by atoms with E-state index in [9.17, 15) is 4.79 Å². The summed E-state index contributed by atoms with van der Waals surface area (Å²) in [4.78, 5) is 16.3. The van der Waals surface area contributed by atoms with Crippen molar-refractivity contribution in [1.82, 2.24) is 9.80 Å². The third-order valence-electron chi connectivity index (χ3n) is 4.17. The van der Waals surface area contributed by atoms with Crippen molar-refractivity contribution in [2.45, 2.75) is 32.7 Å². The van der Waals surface area contributed by atoms with E-state index < -0.39 is 0 Å². The number of hydrogen-bond donors (Lipinski definition) is 0. The van der Waals surface area contributed by atoms with Gasteiger partial charge in [-0.15, -0.1) is 0 Å². The van der Waals surface area contributed by atoms with Gasteiger partial charge in [-0.3, -0.25) is 0 Å². The Morgan fingerprint density at radius 1 is 1.45 bits per heavy atom. The first kappa shape index (κ1) is 15.2. The summed E-state index contributed by atoms with van der Waals surface area (Å²) in [6.07, 6.45) is 2.31. The minimum atomic E-state index is -0.0200. The molecule has 1 aromatic carbocycles. The SMILES string of the molecule is CC1CCCN(C(=O)N(C)C(C)c2ccccc2Cl)C1. The second-order valence-corrected chi connectivity index (χ2v) is 6.19. The van der Waals surface area contributed by atoms with Gasteiger partial charge < -0.3 is 9.80 Å². The van der Waals surface area contributed by atoms with Crippen LogP contribution in [0.1, 0.15) is 38.3 Å². The van der Waals surface area contributed by atoms with Gasteiger partial charge in [0.15, 0.2) is 0 Å². The second kappa shape index (κ2) is 6.49. The van der Waals surface area contributed by atoms with E-state index in [1.807, 2.05) is 43.1 Å². The van der Waals surface area contributed by atoms with Gasteiger partial charge in [-0.2, -0.15) is 0 Å². The highest BCUT2D eigenvalue weighted by Crippen LogP contribution is 2.27. The number of urea groups is 1. The van der Waals surface area contributed by atoms with Crippen LogP contribution in [0, 0.1) is 5.92 Å². The van der Waals surface area contributed by atoms with Crippen molar-refractivity contribution in [2.75, 3.05) is 20.1 Å². The Hall–Kier alpha value is -1.22. The van der Waals surface area contributed by atoms with E-state index in [-0.39, 0.29) is 12.1 Å². The minimum absolute atomic E-state index is 0.0200. The Balaban J connectivity index is 2.08. The predicted octanol–water partition coefficient (Wildman–Crippen LogP) is 4.18. The molecule has 1 aliphatic heterocycles. The molecule has 3 nitrogen and oxygen atoms in total. The first-order valence-corrected chi connectivity index (χ1v) is 7.64. The summed E-state index contributed by atoms with van der Waals surface area (Å²) >= 11 is 6.23. The van der Waals surface area contributed by atoms with Gasteiger partial charge in [-0.1, -0.05) is 36.7 Å². The molecule has 0 bridgehead atoms. The van der Waals surface area contributed by atoms with Gasteiger partial charge >= 0.3 is 6.03 Å². The van der Waals surface area contributed by atoms with Crippen LogP contribution in [0.4, 0.5) is 4.79 Å². The minimum Gasteiger partial charge on any atom is -0.324 e. The Morgan fingerprint density at radius 2 is 2.15 bits per heavy atom. The maximum atomic E-state index is 12.6. The molecule has 2 atom stereocenters. The zero-order valence-corrected chi connectivity index (χ0v) is 13.2. The van der Waals surface area contributed by atoms with Crippen LogP contribution in [0.2, 0.25) is 5.02 Å². The quantitative estimate of drug-likeness (QED) is 0.802. The van der Waals surface area contributed by atoms with Crippen molar-refractivity contribution in [3.05, 3.63) is 34.9 Å². The summed E-state index contributed by atoms with van der Waals surface area (Å²) in [5.41, 5.74) is 0.995. The highest BCUT2D eigenvalue weighted by atomic mass is 35.5. The number of halogens is 1. The van der Waals surface area contributed by atoms with Gasteiger partial charge in [0.05, 0.1) is 6.04 Å². The van der Waals surface area contributed by atoms with Crippen molar-refractivity contribution in [2.24, 2.45) is 5.92 Å². The number of carbonyl (C=O) groups is 1. The van der Waals surface area contributed by atoms with Crippen LogP contribution in [-0.2, 0) is 0 Å². The number of carbonyl (C=O) groups excluding carboxylic acids is 1. The Labute approximate surface area is 126 Å². The van der Waals surface area contributed by atoms with Crippen LogP contribution in [0.5, 0.6) is 0 Å². The monoisotopic (exact) mass is 294 g/mol. The van der Waals surface area contributed by atoms with Gasteiger partial charge in [0.1, 0.15) is 0 Å². The van der Waals surface area contributed by atoms with Crippen molar-refractivity contribution < 1.29 is 4.79 Å². The first-order valence-electron chi connectivity index (χ1n) is 7.27. The van der Waals surface area contributed by atoms with Crippen LogP contribution in [0.15, 0.2) is 24.3 Å². The first-order chi connectivity index (χ1) is 9.50. The standard InChI is InChI=1S/C16H23ClN2O/c1-12-7-6-10-19(11-12)16(20)18(3)13(2)14-8-4-5-9-15(14)17/h4-5,8-9,12-13H,6-7,10-11H2,1-3H3. The third-order valence-corrected chi connectivity index (χ3v) is 4.51. The lowest BCUT2D eigenvalue weighted by atomic mass is 10.0. The van der Waals surface area contributed by atoms with Crippen LogP contribution in [-0.4, -0.2) is 36.0 Å². The van der Waals surface area contributed by atoms with Crippen LogP contribution < -0.4 is 0 Å². The highest BCUT2D eigenvalue weighted by Gasteiger charge is 2.26. The summed E-state index contributed by atoms with van der Waals surface area (Å²) in [6, 6.07) is 7.80. The molecule has 1 saturated heterocycles. The van der Waals surface area contributed by atoms with Crippen molar-refractivity contribution in [1.29, 1.82) is 0 Å². The molecule has 0 aromatic heterocycles. The molecule has 110 valence electrons. The fraction of sp³-hybridized carbons (Fsp3) is 0.562. The maximum absolute atomic E-state index is 12.6. The van der Waals surface area contributed by atoms with E-state index in [1.165, 1.54) is 6.42 Å². The molecule has 0 spiro atoms. The highest BCUT2D eigenvalue weighted by molar-refractivity contribution is 6.31. The van der Waals surface area contributed by atoms with Crippen LogP contribution in [0.3, 0.4) is 0 Å². The topological polar surface area (TPSA) is 23.6 Å². The molecule has 2 amide bonds. The molecule has 4 heteroatoms. The van der Waals surface area contributed by atoms with Crippen molar-refractivity contribution in [3.8, 4) is 0 Å². The number of nitrogens with zero attached hydrogens (tertiary/aromatic N) is 2. The lowest BCUT2D eigenvalue weighted by molar-refractivity contribution is 0.128. The Bertz CT molecular complexity index is 477. The van der Waals surface area contributed by atoms with E-state index in [4.69, 9.17) is 11.6 Å². The Kier molecular flexibility index (Phi) is 4.92. The molecule has 1 aliphatic rings. The predicted molar refractivity (Wildman–Crippen MR) is 83.0 cm³/mol. The van der Waals surface area contributed by atoms with Crippen LogP contribution in [0.25, 0.3) is 0 Å². The zero-order valence-electron chi connectivity index (χ0n) is 12.5. The molecular formula is C16H23ClN2O. The number of benzene rings is 1. The van der Waals surface area contributed by atoms with Gasteiger partial charge in [-0.05, 0) is 37.3 Å². The second-order valence-electron chi connectivity index (χ2n) is 5.78. The van der Waals surface area contributed by atoms with E-state index in [2.05, 4.69) is 6.92 Å². The largest absolute Gasteiger partial charge is 0.324 e. The van der Waals surface area contributed by atoms with Gasteiger partial charge in [0, 0.05) is 25.2 Å². The smallest absolute Gasteiger partial charge is 0.320 e. The lowest BCUT2D eigenvalue weighted by Crippen LogP contribution is -2.46. The number of amides is 2. The van der Waals surface area contributed by atoms with E-state index >= 15 is 0 Å². The van der Waals surface area contributed by atoms with E-state index in [1.54, 1.807) is 4.90 Å². The fourth-order valence-electron chi connectivity index (χ4n) is 2.77. The van der Waals surface area contributed by atoms with Crippen LogP contribution >= 0.6 is 11.6 Å². The molecule has 2 rings (SSSR count). The van der Waals surface area contributed by atoms with E-state index in [0.29, 0.717) is 10.9 Å². The molecule has 1 heterocycles. The molecular weight excluding hydrogens is 272 g/mol. The van der Waals surface area contributed by atoms with E-state index in [0.717, 1.165) is 25.1 Å². The van der Waals surface area contributed by atoms with Gasteiger partial charge in [-0.25, -0.2) is 4.79 Å². The van der Waals surface area contributed by atoms with Crippen molar-refractivity contribution >= 4 is 17.6 Å². The summed E-state index contributed by atoms with van der Waals surface area (Å²) in [5.74, 6) is 0.594. The summed E-state index contributed by atoms with van der Waals surface area (Å²) in [6.45, 7) is 5.95. The average molecular weight is 295 g/mol. The zero-order chi connectivity index (χ0) is 14.7. The molecule has 2 unspecified atom stereocenters. The molecule has 0 aliphatic carbocycles. The van der Waals surface area contributed by atoms with Gasteiger partial charge in [0.25, 0.3) is 0 Å².